The summed E-state index contributed by atoms with van der Waals surface area (Å²) < 4.78 is 33.7. The Morgan fingerprint density at radius 2 is 1.80 bits per heavy atom. The Hall–Kier alpha value is -1.93. The SMILES string of the molecule is Cc1ccc(N(CC(C)C)S(=O)(=O)c2ccc(C(O)CNC3(C)CO3)cc2)c(C)c1. The van der Waals surface area contributed by atoms with Crippen molar-refractivity contribution in [1.29, 1.82) is 0 Å². The van der Waals surface area contributed by atoms with Crippen LogP contribution in [-0.2, 0) is 14.8 Å². The third-order valence-electron chi connectivity index (χ3n) is 5.25. The molecule has 0 aromatic heterocycles. The van der Waals surface area contributed by atoms with Crippen LogP contribution in [0.25, 0.3) is 0 Å². The molecule has 3 rings (SSSR count). The third-order valence-corrected chi connectivity index (χ3v) is 7.05. The Balaban J connectivity index is 1.85. The van der Waals surface area contributed by atoms with Crippen LogP contribution in [0.3, 0.4) is 0 Å². The summed E-state index contributed by atoms with van der Waals surface area (Å²) >= 11 is 0. The molecular formula is C23H32N2O4S. The Morgan fingerprint density at radius 1 is 1.17 bits per heavy atom. The molecule has 1 aliphatic heterocycles. The fraction of sp³-hybridized carbons (Fsp3) is 0.478. The molecule has 2 aromatic carbocycles. The van der Waals surface area contributed by atoms with Crippen LogP contribution in [-0.4, -0.2) is 38.9 Å². The van der Waals surface area contributed by atoms with Gasteiger partial charge >= 0.3 is 0 Å². The van der Waals surface area contributed by atoms with Crippen LogP contribution in [0, 0.1) is 19.8 Å². The summed E-state index contributed by atoms with van der Waals surface area (Å²) in [6.45, 7) is 11.2. The topological polar surface area (TPSA) is 82.2 Å². The number of rotatable bonds is 9. The number of sulfonamides is 1. The predicted octanol–water partition coefficient (Wildman–Crippen LogP) is 3.52. The van der Waals surface area contributed by atoms with E-state index < -0.39 is 16.1 Å². The van der Waals surface area contributed by atoms with Gasteiger partial charge < -0.3 is 9.84 Å². The van der Waals surface area contributed by atoms with Gasteiger partial charge in [-0.15, -0.1) is 0 Å². The predicted molar refractivity (Wildman–Crippen MR) is 119 cm³/mol. The van der Waals surface area contributed by atoms with Gasteiger partial charge in [-0.25, -0.2) is 8.42 Å². The van der Waals surface area contributed by atoms with Gasteiger partial charge in [0.1, 0.15) is 5.72 Å². The minimum atomic E-state index is -3.74. The number of aliphatic hydroxyl groups is 1. The molecule has 0 amide bonds. The van der Waals surface area contributed by atoms with Crippen molar-refractivity contribution in [3.63, 3.8) is 0 Å². The quantitative estimate of drug-likeness (QED) is 0.593. The second kappa shape index (κ2) is 8.67. The molecule has 0 aliphatic carbocycles. The normalized spacial score (nSPS) is 19.7. The van der Waals surface area contributed by atoms with Gasteiger partial charge in [-0.05, 0) is 56.0 Å². The first kappa shape index (κ1) is 22.7. The number of aliphatic hydroxyl groups excluding tert-OH is 1. The number of epoxide rings is 1. The van der Waals surface area contributed by atoms with E-state index in [9.17, 15) is 13.5 Å². The molecule has 2 N–H and O–H groups in total. The molecule has 0 saturated carbocycles. The second-order valence-electron chi connectivity index (χ2n) is 8.71. The first-order valence-electron chi connectivity index (χ1n) is 10.3. The van der Waals surface area contributed by atoms with Gasteiger partial charge in [0.15, 0.2) is 0 Å². The highest BCUT2D eigenvalue weighted by Crippen LogP contribution is 2.29. The monoisotopic (exact) mass is 432 g/mol. The summed E-state index contributed by atoms with van der Waals surface area (Å²) in [5, 5.41) is 13.5. The average molecular weight is 433 g/mol. The Morgan fingerprint density at radius 3 is 2.33 bits per heavy atom. The standard InChI is InChI=1S/C23H32N2O4S/c1-16(2)14-25(21-11-6-17(3)12-18(21)4)30(27,28)20-9-7-19(8-10-20)22(26)13-24-23(5)15-29-23/h6-12,16,22,24,26H,13-15H2,1-5H3. The van der Waals surface area contributed by atoms with E-state index in [0.717, 1.165) is 11.1 Å². The van der Waals surface area contributed by atoms with E-state index >= 15 is 0 Å². The zero-order chi connectivity index (χ0) is 22.1. The maximum absolute atomic E-state index is 13.5. The Kier molecular flexibility index (Phi) is 6.57. The molecule has 1 fully saturated rings. The minimum absolute atomic E-state index is 0.165. The molecule has 0 bridgehead atoms. The summed E-state index contributed by atoms with van der Waals surface area (Å²) in [5.74, 6) is 0.165. The molecule has 2 atom stereocenters. The van der Waals surface area contributed by atoms with Crippen LogP contribution in [0.1, 0.15) is 43.6 Å². The lowest BCUT2D eigenvalue weighted by Crippen LogP contribution is -2.35. The number of ether oxygens (including phenoxy) is 1. The van der Waals surface area contributed by atoms with E-state index in [2.05, 4.69) is 5.32 Å². The van der Waals surface area contributed by atoms with Gasteiger partial charge in [0, 0.05) is 13.1 Å². The summed E-state index contributed by atoms with van der Waals surface area (Å²) in [5.41, 5.74) is 3.02. The fourth-order valence-electron chi connectivity index (χ4n) is 3.37. The maximum atomic E-state index is 13.5. The smallest absolute Gasteiger partial charge is 0.264 e. The zero-order valence-electron chi connectivity index (χ0n) is 18.3. The van der Waals surface area contributed by atoms with Crippen molar-refractivity contribution in [2.45, 2.75) is 51.3 Å². The molecule has 1 saturated heterocycles. The molecule has 164 valence electrons. The van der Waals surface area contributed by atoms with E-state index in [1.54, 1.807) is 24.3 Å². The number of nitrogens with one attached hydrogen (secondary N) is 1. The van der Waals surface area contributed by atoms with E-state index in [4.69, 9.17) is 4.74 Å². The number of hydrogen-bond donors (Lipinski definition) is 2. The summed E-state index contributed by atoms with van der Waals surface area (Å²) in [6.07, 6.45) is -0.742. The maximum Gasteiger partial charge on any atom is 0.264 e. The third kappa shape index (κ3) is 5.21. The first-order valence-corrected chi connectivity index (χ1v) is 11.7. The summed E-state index contributed by atoms with van der Waals surface area (Å²) in [4.78, 5) is 0.213. The Labute approximate surface area is 179 Å². The molecule has 1 heterocycles. The highest BCUT2D eigenvalue weighted by molar-refractivity contribution is 7.92. The molecule has 1 aliphatic rings. The molecule has 30 heavy (non-hydrogen) atoms. The Bertz CT molecular complexity index is 983. The zero-order valence-corrected chi connectivity index (χ0v) is 19.2. The number of anilines is 1. The van der Waals surface area contributed by atoms with Crippen LogP contribution in [0.5, 0.6) is 0 Å². The molecule has 7 heteroatoms. The van der Waals surface area contributed by atoms with Crippen molar-refractivity contribution < 1.29 is 18.3 Å². The highest BCUT2D eigenvalue weighted by Gasteiger charge is 2.39. The van der Waals surface area contributed by atoms with Gasteiger partial charge in [-0.1, -0.05) is 43.7 Å². The van der Waals surface area contributed by atoms with E-state index in [1.807, 2.05) is 52.8 Å². The number of hydrogen-bond acceptors (Lipinski definition) is 5. The lowest BCUT2D eigenvalue weighted by atomic mass is 10.1. The van der Waals surface area contributed by atoms with E-state index in [1.165, 1.54) is 4.31 Å². The first-order chi connectivity index (χ1) is 14.0. The molecule has 0 spiro atoms. The van der Waals surface area contributed by atoms with Crippen molar-refractivity contribution in [2.24, 2.45) is 5.92 Å². The van der Waals surface area contributed by atoms with E-state index in [-0.39, 0.29) is 16.5 Å². The van der Waals surface area contributed by atoms with Crippen molar-refractivity contribution in [3.8, 4) is 0 Å². The highest BCUT2D eigenvalue weighted by atomic mass is 32.2. The minimum Gasteiger partial charge on any atom is -0.387 e. The molecule has 2 aromatic rings. The molecule has 0 radical (unpaired) electrons. The largest absolute Gasteiger partial charge is 0.387 e. The second-order valence-corrected chi connectivity index (χ2v) is 10.6. The van der Waals surface area contributed by atoms with Crippen LogP contribution < -0.4 is 9.62 Å². The van der Waals surface area contributed by atoms with Crippen LogP contribution in [0.4, 0.5) is 5.69 Å². The van der Waals surface area contributed by atoms with E-state index in [0.29, 0.717) is 30.9 Å². The van der Waals surface area contributed by atoms with Gasteiger partial charge in [0.2, 0.25) is 0 Å². The molecular weight excluding hydrogens is 400 g/mol. The summed E-state index contributed by atoms with van der Waals surface area (Å²) in [6, 6.07) is 12.3. The number of benzene rings is 2. The van der Waals surface area contributed by atoms with Crippen molar-refractivity contribution in [2.75, 3.05) is 24.0 Å². The van der Waals surface area contributed by atoms with Crippen LogP contribution in [0.2, 0.25) is 0 Å². The van der Waals surface area contributed by atoms with Gasteiger partial charge in [-0.2, -0.15) is 0 Å². The van der Waals surface area contributed by atoms with Gasteiger partial charge in [0.05, 0.1) is 23.3 Å². The van der Waals surface area contributed by atoms with Crippen LogP contribution in [0.15, 0.2) is 47.4 Å². The van der Waals surface area contributed by atoms with Gasteiger partial charge in [-0.3, -0.25) is 9.62 Å². The van der Waals surface area contributed by atoms with Crippen molar-refractivity contribution >= 4 is 15.7 Å². The lowest BCUT2D eigenvalue weighted by molar-refractivity contribution is 0.153. The number of nitrogens with zero attached hydrogens (tertiary/aromatic N) is 1. The van der Waals surface area contributed by atoms with Crippen molar-refractivity contribution in [1.82, 2.24) is 5.32 Å². The molecule has 6 nitrogen and oxygen atoms in total. The van der Waals surface area contributed by atoms with Gasteiger partial charge in [0.25, 0.3) is 10.0 Å². The fourth-order valence-corrected chi connectivity index (χ4v) is 5.07. The summed E-state index contributed by atoms with van der Waals surface area (Å²) in [7, 11) is -3.74. The van der Waals surface area contributed by atoms with Crippen LogP contribution >= 0.6 is 0 Å². The average Bonchev–Trinajstić information content (AvgIpc) is 3.42. The van der Waals surface area contributed by atoms with Crippen molar-refractivity contribution in [3.05, 3.63) is 59.2 Å². The lowest BCUT2D eigenvalue weighted by Gasteiger charge is -2.28. The molecule has 2 unspecified atom stereocenters. The number of aryl methyl sites for hydroxylation is 2.